The predicted octanol–water partition coefficient (Wildman–Crippen LogP) is 3.27. The van der Waals surface area contributed by atoms with Crippen LogP contribution >= 0.6 is 27.5 Å². The first-order valence-corrected chi connectivity index (χ1v) is 4.48. The Bertz CT molecular complexity index is 303. The third-order valence-corrected chi connectivity index (χ3v) is 2.31. The van der Waals surface area contributed by atoms with Gasteiger partial charge in [-0.25, -0.2) is 0 Å². The number of rotatable bonds is 2. The van der Waals surface area contributed by atoms with Gasteiger partial charge in [0, 0.05) is 9.51 Å². The van der Waals surface area contributed by atoms with Crippen molar-refractivity contribution >= 4 is 38.3 Å². The zero-order valence-corrected chi connectivity index (χ0v) is 8.47. The molecule has 0 saturated carbocycles. The van der Waals surface area contributed by atoms with Gasteiger partial charge in [-0.2, -0.15) is 0 Å². The number of allylic oxidation sites excluding steroid dienone is 1. The van der Waals surface area contributed by atoms with E-state index in [4.69, 9.17) is 11.6 Å². The molecule has 0 N–H and O–H groups in total. The molecule has 1 rings (SSSR count). The summed E-state index contributed by atoms with van der Waals surface area (Å²) in [4.78, 5) is 10.1. The largest absolute Gasteiger partial charge is 0.299 e. The monoisotopic (exact) mass is 244 g/mol. The summed E-state index contributed by atoms with van der Waals surface area (Å²) in [6.07, 6.45) is 2.18. The molecule has 1 aromatic carbocycles. The highest BCUT2D eigenvalue weighted by Crippen LogP contribution is 2.21. The van der Waals surface area contributed by atoms with Crippen LogP contribution in [-0.4, -0.2) is 6.29 Å². The first-order valence-electron chi connectivity index (χ1n) is 3.31. The molecular weight excluding hydrogens is 239 g/mol. The molecule has 0 aromatic heterocycles. The molecule has 0 aliphatic rings. The van der Waals surface area contributed by atoms with E-state index in [2.05, 4.69) is 15.9 Å². The number of carbonyl (C=O) groups is 1. The Morgan fingerprint density at radius 1 is 1.33 bits per heavy atom. The predicted molar refractivity (Wildman–Crippen MR) is 54.4 cm³/mol. The van der Waals surface area contributed by atoms with Gasteiger partial charge in [-0.15, -0.1) is 0 Å². The lowest BCUT2D eigenvalue weighted by molar-refractivity contribution is -0.104. The lowest BCUT2D eigenvalue weighted by Crippen LogP contribution is -1.75. The second-order valence-corrected chi connectivity index (χ2v) is 3.45. The smallest absolute Gasteiger partial charge is 0.143 e. The number of aldehydes is 1. The van der Waals surface area contributed by atoms with Crippen LogP contribution in [0.2, 0.25) is 5.02 Å². The van der Waals surface area contributed by atoms with Gasteiger partial charge in [0.05, 0.1) is 0 Å². The van der Waals surface area contributed by atoms with Crippen molar-refractivity contribution in [2.75, 3.05) is 0 Å². The maximum Gasteiger partial charge on any atom is 0.143 e. The quantitative estimate of drug-likeness (QED) is 0.577. The molecule has 0 amide bonds. The van der Waals surface area contributed by atoms with Crippen LogP contribution in [0.4, 0.5) is 0 Å². The van der Waals surface area contributed by atoms with Crippen LogP contribution in [0.25, 0.3) is 4.48 Å². The van der Waals surface area contributed by atoms with E-state index in [-0.39, 0.29) is 0 Å². The highest BCUT2D eigenvalue weighted by atomic mass is 79.9. The van der Waals surface area contributed by atoms with Gasteiger partial charge in [0.1, 0.15) is 6.29 Å². The van der Waals surface area contributed by atoms with Gasteiger partial charge >= 0.3 is 0 Å². The zero-order chi connectivity index (χ0) is 8.97. The fraction of sp³-hybridized carbons (Fsp3) is 0. The van der Waals surface area contributed by atoms with Crippen molar-refractivity contribution in [2.45, 2.75) is 0 Å². The summed E-state index contributed by atoms with van der Waals surface area (Å²) in [5.74, 6) is 0. The molecule has 0 fully saturated rings. The second-order valence-electron chi connectivity index (χ2n) is 2.16. The van der Waals surface area contributed by atoms with Crippen molar-refractivity contribution < 1.29 is 4.79 Å². The zero-order valence-electron chi connectivity index (χ0n) is 6.13. The normalized spacial score (nSPS) is 11.3. The van der Waals surface area contributed by atoms with E-state index in [0.29, 0.717) is 5.02 Å². The topological polar surface area (TPSA) is 17.1 Å². The van der Waals surface area contributed by atoms with Gasteiger partial charge in [0.15, 0.2) is 0 Å². The summed E-state index contributed by atoms with van der Waals surface area (Å²) in [5.41, 5.74) is 0.937. The molecule has 0 radical (unpaired) electrons. The van der Waals surface area contributed by atoms with E-state index in [1.807, 2.05) is 12.1 Å². The first kappa shape index (κ1) is 9.49. The van der Waals surface area contributed by atoms with E-state index in [1.165, 1.54) is 6.08 Å². The average molecular weight is 246 g/mol. The third kappa shape index (κ3) is 2.47. The minimum atomic E-state index is 0.685. The molecule has 0 unspecified atom stereocenters. The molecule has 0 heterocycles. The van der Waals surface area contributed by atoms with E-state index in [0.717, 1.165) is 16.3 Å². The molecule has 0 aliphatic carbocycles. The Morgan fingerprint density at radius 2 is 1.92 bits per heavy atom. The molecule has 3 heteroatoms. The van der Waals surface area contributed by atoms with Crippen LogP contribution < -0.4 is 0 Å². The summed E-state index contributed by atoms with van der Waals surface area (Å²) in [7, 11) is 0. The summed E-state index contributed by atoms with van der Waals surface area (Å²) < 4.78 is 0.758. The Labute approximate surface area is 84.2 Å². The number of hydrogen-bond acceptors (Lipinski definition) is 1. The van der Waals surface area contributed by atoms with Crippen molar-refractivity contribution in [1.29, 1.82) is 0 Å². The highest BCUT2D eigenvalue weighted by molar-refractivity contribution is 9.15. The first-order chi connectivity index (χ1) is 5.74. The molecule has 0 aliphatic heterocycles. The summed E-state index contributed by atoms with van der Waals surface area (Å²) >= 11 is 8.95. The Morgan fingerprint density at radius 3 is 2.42 bits per heavy atom. The van der Waals surface area contributed by atoms with E-state index in [9.17, 15) is 4.79 Å². The molecule has 0 spiro atoms. The van der Waals surface area contributed by atoms with Crippen LogP contribution in [0.5, 0.6) is 0 Å². The number of hydrogen-bond donors (Lipinski definition) is 0. The van der Waals surface area contributed by atoms with Crippen molar-refractivity contribution in [3.05, 3.63) is 40.9 Å². The fourth-order valence-electron chi connectivity index (χ4n) is 0.765. The average Bonchev–Trinajstić information content (AvgIpc) is 2.06. The molecule has 1 aromatic rings. The Balaban J connectivity index is 2.97. The van der Waals surface area contributed by atoms with Gasteiger partial charge < -0.3 is 0 Å². The van der Waals surface area contributed by atoms with Gasteiger partial charge in [-0.1, -0.05) is 39.7 Å². The van der Waals surface area contributed by atoms with Crippen LogP contribution in [0.15, 0.2) is 30.3 Å². The van der Waals surface area contributed by atoms with Gasteiger partial charge in [-0.3, -0.25) is 4.79 Å². The van der Waals surface area contributed by atoms with Crippen molar-refractivity contribution in [3.63, 3.8) is 0 Å². The lowest BCUT2D eigenvalue weighted by atomic mass is 10.2. The Kier molecular flexibility index (Phi) is 3.50. The van der Waals surface area contributed by atoms with Crippen molar-refractivity contribution in [2.24, 2.45) is 0 Å². The molecule has 12 heavy (non-hydrogen) atoms. The molecule has 1 nitrogen and oxygen atoms in total. The van der Waals surface area contributed by atoms with Gasteiger partial charge in [0.25, 0.3) is 0 Å². The van der Waals surface area contributed by atoms with Crippen molar-refractivity contribution in [1.82, 2.24) is 0 Å². The molecule has 0 atom stereocenters. The second kappa shape index (κ2) is 4.43. The molecular formula is C9H6BrClO. The lowest BCUT2D eigenvalue weighted by Gasteiger charge is -1.96. The third-order valence-electron chi connectivity index (χ3n) is 1.33. The molecule has 0 saturated heterocycles. The standard InChI is InChI=1S/C9H6BrClO/c10-9(5-6-12)7-1-3-8(11)4-2-7/h1-6H/b9-5-. The number of halogens is 2. The fourth-order valence-corrected chi connectivity index (χ4v) is 1.26. The van der Waals surface area contributed by atoms with Crippen LogP contribution in [0, 0.1) is 0 Å². The Hall–Kier alpha value is -0.600. The highest BCUT2D eigenvalue weighted by Gasteiger charge is 1.95. The SMILES string of the molecule is O=C/C=C(\Br)c1ccc(Cl)cc1. The van der Waals surface area contributed by atoms with E-state index in [1.54, 1.807) is 12.1 Å². The summed E-state index contributed by atoms with van der Waals surface area (Å²) in [6.45, 7) is 0. The summed E-state index contributed by atoms with van der Waals surface area (Å²) in [6, 6.07) is 7.23. The van der Waals surface area contributed by atoms with E-state index >= 15 is 0 Å². The van der Waals surface area contributed by atoms with Gasteiger partial charge in [-0.05, 0) is 23.8 Å². The number of benzene rings is 1. The minimum absolute atomic E-state index is 0.685. The van der Waals surface area contributed by atoms with Gasteiger partial charge in [0.2, 0.25) is 0 Å². The summed E-state index contributed by atoms with van der Waals surface area (Å²) in [5, 5.41) is 0.685. The van der Waals surface area contributed by atoms with Crippen LogP contribution in [-0.2, 0) is 4.79 Å². The van der Waals surface area contributed by atoms with Crippen LogP contribution in [0.3, 0.4) is 0 Å². The maximum absolute atomic E-state index is 10.1. The molecule has 62 valence electrons. The number of carbonyl (C=O) groups excluding carboxylic acids is 1. The maximum atomic E-state index is 10.1. The van der Waals surface area contributed by atoms with Crippen molar-refractivity contribution in [3.8, 4) is 0 Å². The van der Waals surface area contributed by atoms with Crippen LogP contribution in [0.1, 0.15) is 5.56 Å². The van der Waals surface area contributed by atoms with E-state index < -0.39 is 0 Å². The molecule has 0 bridgehead atoms. The minimum Gasteiger partial charge on any atom is -0.299 e.